The Bertz CT molecular complexity index is 1470. The summed E-state index contributed by atoms with van der Waals surface area (Å²) in [7, 11) is 1.35. The maximum Gasteiger partial charge on any atom is 0.303 e. The van der Waals surface area contributed by atoms with Crippen LogP contribution in [0.15, 0.2) is 30.3 Å². The predicted octanol–water partition coefficient (Wildman–Crippen LogP) is 4.30. The zero-order valence-corrected chi connectivity index (χ0v) is 26.6. The van der Waals surface area contributed by atoms with E-state index in [1.54, 1.807) is 0 Å². The van der Waals surface area contributed by atoms with E-state index in [0.717, 1.165) is 5.56 Å². The number of hydrogen-bond acceptors (Lipinski definition) is 11. The molecule has 2 aliphatic heterocycles. The molecule has 2 heterocycles. The number of rotatable bonds is 10. The van der Waals surface area contributed by atoms with Crippen LogP contribution in [0.5, 0.6) is 5.75 Å². The molecule has 11 nitrogen and oxygen atoms in total. The molecule has 1 saturated heterocycles. The van der Waals surface area contributed by atoms with Crippen LogP contribution in [0.4, 0.5) is 0 Å². The Morgan fingerprint density at radius 3 is 2.13 bits per heavy atom. The quantitative estimate of drug-likeness (QED) is 0.271. The summed E-state index contributed by atoms with van der Waals surface area (Å²) in [5.41, 5.74) is 4.07. The van der Waals surface area contributed by atoms with Gasteiger partial charge in [0.1, 0.15) is 18.5 Å². The summed E-state index contributed by atoms with van der Waals surface area (Å²) in [6.45, 7) is 4.66. The van der Waals surface area contributed by atoms with E-state index in [4.69, 9.17) is 44.8 Å². The van der Waals surface area contributed by atoms with Crippen molar-refractivity contribution in [2.24, 2.45) is 0 Å². The molecule has 0 bridgehead atoms. The number of esters is 4. The zero-order chi connectivity index (χ0) is 32.5. The van der Waals surface area contributed by atoms with Crippen LogP contribution in [0.2, 0.25) is 5.02 Å². The van der Waals surface area contributed by atoms with Crippen molar-refractivity contribution < 1.29 is 52.3 Å². The van der Waals surface area contributed by atoms with Crippen LogP contribution in [0.3, 0.4) is 0 Å². The molecule has 0 radical (unpaired) electrons. The fourth-order valence-electron chi connectivity index (χ4n) is 6.12. The standard InChI is InChI=1S/C33H37ClO11/c1-17(35)41-16-27-30(42-18(2)36)31(43-19(3)37)32(44-20(4)38)33(39-5,45-27)26-15-24(28(34)29-25(26)12-13-40-29)14-21-6-8-22(9-7-21)23-10-11-23/h6-9,15,23,27,30-32H,10-14,16H2,1-5H3/t27-,30-,31+,32-,33?/m1/s1. The van der Waals surface area contributed by atoms with E-state index in [1.807, 2.05) is 6.07 Å². The van der Waals surface area contributed by atoms with Gasteiger partial charge in [-0.25, -0.2) is 0 Å². The Hall–Kier alpha value is -3.67. The molecule has 3 aliphatic rings. The number of carbonyl (C=O) groups excluding carboxylic acids is 4. The fourth-order valence-corrected chi connectivity index (χ4v) is 6.41. The predicted molar refractivity (Wildman–Crippen MR) is 159 cm³/mol. The number of carbonyl (C=O) groups is 4. The van der Waals surface area contributed by atoms with E-state index in [9.17, 15) is 19.2 Å². The lowest BCUT2D eigenvalue weighted by molar-refractivity contribution is -0.368. The molecule has 0 N–H and O–H groups in total. The first-order valence-electron chi connectivity index (χ1n) is 14.9. The van der Waals surface area contributed by atoms with Gasteiger partial charge in [0.05, 0.1) is 11.6 Å². The summed E-state index contributed by atoms with van der Waals surface area (Å²) in [4.78, 5) is 49.1. The highest BCUT2D eigenvalue weighted by Crippen LogP contribution is 2.50. The lowest BCUT2D eigenvalue weighted by atomic mass is 9.83. The van der Waals surface area contributed by atoms with Gasteiger partial charge in [0.25, 0.3) is 0 Å². The molecule has 1 saturated carbocycles. The van der Waals surface area contributed by atoms with Crippen LogP contribution < -0.4 is 4.74 Å². The summed E-state index contributed by atoms with van der Waals surface area (Å²) in [6, 6.07) is 10.2. The van der Waals surface area contributed by atoms with Gasteiger partial charge >= 0.3 is 23.9 Å². The van der Waals surface area contributed by atoms with E-state index in [-0.39, 0.29) is 0 Å². The maximum absolute atomic E-state index is 12.6. The van der Waals surface area contributed by atoms with Crippen LogP contribution in [0.1, 0.15) is 74.3 Å². The van der Waals surface area contributed by atoms with Gasteiger partial charge in [-0.1, -0.05) is 35.9 Å². The van der Waals surface area contributed by atoms with Crippen LogP contribution in [0.25, 0.3) is 0 Å². The molecule has 242 valence electrons. The molecule has 2 fully saturated rings. The first-order chi connectivity index (χ1) is 21.4. The summed E-state index contributed by atoms with van der Waals surface area (Å²) in [6.07, 6.45) is -2.18. The van der Waals surface area contributed by atoms with Gasteiger partial charge in [-0.15, -0.1) is 0 Å². The molecule has 0 spiro atoms. The lowest BCUT2D eigenvalue weighted by Gasteiger charge is -2.50. The first kappa shape index (κ1) is 32.7. The summed E-state index contributed by atoms with van der Waals surface area (Å²) >= 11 is 6.93. The van der Waals surface area contributed by atoms with Gasteiger partial charge in [-0.2, -0.15) is 0 Å². The minimum absolute atomic E-state index is 0.319. The van der Waals surface area contributed by atoms with Crippen LogP contribution in [-0.2, 0) is 66.2 Å². The van der Waals surface area contributed by atoms with Crippen LogP contribution in [0, 0.1) is 0 Å². The van der Waals surface area contributed by atoms with Gasteiger partial charge < -0.3 is 33.2 Å². The van der Waals surface area contributed by atoms with Gasteiger partial charge in [-0.3, -0.25) is 19.2 Å². The van der Waals surface area contributed by atoms with Gasteiger partial charge in [0.15, 0.2) is 12.2 Å². The van der Waals surface area contributed by atoms with E-state index < -0.39 is 60.7 Å². The summed E-state index contributed by atoms with van der Waals surface area (Å²) < 4.78 is 41.0. The SMILES string of the molecule is COC1(c2cc(Cc3ccc(C4CC4)cc3)c(Cl)c3c2CCO3)O[C@H](COC(C)=O)[C@@H](OC(C)=O)[C@H](OC(C)=O)[C@H]1OC(C)=O. The largest absolute Gasteiger partial charge is 0.491 e. The number of benzene rings is 2. The van der Waals surface area contributed by atoms with Crippen LogP contribution in [-0.4, -0.2) is 68.6 Å². The van der Waals surface area contributed by atoms with Gasteiger partial charge in [-0.05, 0) is 47.9 Å². The maximum atomic E-state index is 12.6. The van der Waals surface area contributed by atoms with Crippen molar-refractivity contribution in [2.45, 2.75) is 89.5 Å². The number of hydrogen-bond donors (Lipinski definition) is 0. The fraction of sp³-hybridized carbons (Fsp3) is 0.515. The molecule has 2 aromatic rings. The molecule has 2 aromatic carbocycles. The highest BCUT2D eigenvalue weighted by molar-refractivity contribution is 6.33. The summed E-state index contributed by atoms with van der Waals surface area (Å²) in [5, 5.41) is 0.425. The molecular formula is C33H37ClO11. The summed E-state index contributed by atoms with van der Waals surface area (Å²) in [5.74, 6) is -3.72. The second-order valence-electron chi connectivity index (χ2n) is 11.5. The van der Waals surface area contributed by atoms with Gasteiger partial charge in [0.2, 0.25) is 11.9 Å². The van der Waals surface area contributed by atoms with Crippen molar-refractivity contribution in [3.05, 3.63) is 63.2 Å². The number of halogens is 1. The smallest absolute Gasteiger partial charge is 0.303 e. The molecule has 45 heavy (non-hydrogen) atoms. The first-order valence-corrected chi connectivity index (χ1v) is 15.3. The normalized spacial score (nSPS) is 25.5. The second kappa shape index (κ2) is 13.4. The Labute approximate surface area is 266 Å². The van der Waals surface area contributed by atoms with E-state index in [2.05, 4.69) is 24.3 Å². The van der Waals surface area contributed by atoms with Crippen LogP contribution >= 0.6 is 11.6 Å². The third-order valence-electron chi connectivity index (χ3n) is 8.14. The van der Waals surface area contributed by atoms with Crippen molar-refractivity contribution in [1.82, 2.24) is 0 Å². The Morgan fingerprint density at radius 1 is 0.911 bits per heavy atom. The monoisotopic (exact) mass is 644 g/mol. The van der Waals surface area contributed by atoms with Crippen molar-refractivity contribution in [2.75, 3.05) is 20.3 Å². The third-order valence-corrected chi connectivity index (χ3v) is 8.55. The number of fused-ring (bicyclic) bond motifs is 1. The molecule has 1 aliphatic carbocycles. The van der Waals surface area contributed by atoms with Crippen molar-refractivity contribution in [3.63, 3.8) is 0 Å². The average molecular weight is 645 g/mol. The number of methoxy groups -OCH3 is 1. The van der Waals surface area contributed by atoms with E-state index in [0.29, 0.717) is 52.8 Å². The molecular weight excluding hydrogens is 608 g/mol. The zero-order valence-electron chi connectivity index (χ0n) is 25.9. The highest BCUT2D eigenvalue weighted by atomic mass is 35.5. The molecule has 5 rings (SSSR count). The van der Waals surface area contributed by atoms with Crippen molar-refractivity contribution >= 4 is 35.5 Å². The molecule has 0 aromatic heterocycles. The second-order valence-corrected chi connectivity index (χ2v) is 11.9. The number of ether oxygens (including phenoxy) is 7. The average Bonchev–Trinajstić information content (AvgIpc) is 3.71. The Balaban J connectivity index is 1.66. The molecule has 5 atom stereocenters. The minimum Gasteiger partial charge on any atom is -0.491 e. The topological polar surface area (TPSA) is 133 Å². The molecule has 1 unspecified atom stereocenters. The lowest BCUT2D eigenvalue weighted by Crippen LogP contribution is -2.67. The van der Waals surface area contributed by atoms with E-state index >= 15 is 0 Å². The van der Waals surface area contributed by atoms with Crippen molar-refractivity contribution in [1.29, 1.82) is 0 Å². The van der Waals surface area contributed by atoms with E-state index in [1.165, 1.54) is 53.2 Å². The molecule has 0 amide bonds. The Morgan fingerprint density at radius 2 is 1.56 bits per heavy atom. The minimum atomic E-state index is -1.94. The molecule has 12 heteroatoms. The Kier molecular flexibility index (Phi) is 9.71. The third kappa shape index (κ3) is 6.95. The van der Waals surface area contributed by atoms with Crippen molar-refractivity contribution in [3.8, 4) is 5.75 Å². The highest BCUT2D eigenvalue weighted by Gasteiger charge is 2.62. The van der Waals surface area contributed by atoms with Gasteiger partial charge in [0, 0.05) is 52.4 Å².